The molecule has 1 aliphatic heterocycles. The Balaban J connectivity index is 1.85. The Labute approximate surface area is 168 Å². The molecule has 0 aliphatic carbocycles. The molecule has 2 amide bonds. The normalized spacial score (nSPS) is 16.1. The van der Waals surface area contributed by atoms with Crippen LogP contribution >= 0.6 is 0 Å². The van der Waals surface area contributed by atoms with Gasteiger partial charge in [0.25, 0.3) is 5.91 Å². The van der Waals surface area contributed by atoms with Gasteiger partial charge in [0.2, 0.25) is 5.91 Å². The summed E-state index contributed by atoms with van der Waals surface area (Å²) in [6, 6.07) is 3.28. The molecule has 1 fully saturated rings. The minimum absolute atomic E-state index is 0.229. The van der Waals surface area contributed by atoms with E-state index in [-0.39, 0.29) is 11.6 Å². The molecule has 0 aromatic carbocycles. The molecule has 162 valence electrons. The number of rotatable bonds is 7. The van der Waals surface area contributed by atoms with Gasteiger partial charge in [-0.2, -0.15) is 13.2 Å². The van der Waals surface area contributed by atoms with Crippen molar-refractivity contribution >= 4 is 17.6 Å². The first-order valence-electron chi connectivity index (χ1n) is 9.79. The third-order valence-corrected chi connectivity index (χ3v) is 4.76. The third-order valence-electron chi connectivity index (χ3n) is 4.76. The molecule has 1 atom stereocenters. The van der Waals surface area contributed by atoms with Crippen LogP contribution in [0.3, 0.4) is 0 Å². The van der Waals surface area contributed by atoms with Crippen LogP contribution in [0.25, 0.3) is 0 Å². The van der Waals surface area contributed by atoms with Crippen molar-refractivity contribution in [3.05, 3.63) is 17.8 Å². The molecule has 0 saturated carbocycles. The Hall–Kier alpha value is -2.39. The molecule has 2 rings (SSSR count). The number of carbonyl (C=O) groups is 2. The fourth-order valence-electron chi connectivity index (χ4n) is 3.08. The molecule has 0 spiro atoms. The van der Waals surface area contributed by atoms with E-state index >= 15 is 0 Å². The van der Waals surface area contributed by atoms with Gasteiger partial charge in [0.15, 0.2) is 11.5 Å². The van der Waals surface area contributed by atoms with Gasteiger partial charge in [0, 0.05) is 38.6 Å². The van der Waals surface area contributed by atoms with E-state index in [0.717, 1.165) is 6.42 Å². The van der Waals surface area contributed by atoms with Gasteiger partial charge in [-0.15, -0.1) is 10.2 Å². The van der Waals surface area contributed by atoms with Gasteiger partial charge < -0.3 is 15.1 Å². The zero-order valence-electron chi connectivity index (χ0n) is 17.0. The number of nitrogens with one attached hydrogen (secondary N) is 1. The van der Waals surface area contributed by atoms with Gasteiger partial charge in [-0.3, -0.25) is 9.59 Å². The van der Waals surface area contributed by atoms with E-state index in [4.69, 9.17) is 0 Å². The number of hydrogen-bond donors (Lipinski definition) is 1. The number of aromatic nitrogens is 2. The van der Waals surface area contributed by atoms with Crippen LogP contribution in [0, 0.1) is 11.8 Å². The van der Waals surface area contributed by atoms with Crippen molar-refractivity contribution in [3.8, 4) is 0 Å². The summed E-state index contributed by atoms with van der Waals surface area (Å²) in [5.74, 6) is -0.792. The molecule has 0 radical (unpaired) electrons. The number of alkyl halides is 3. The average molecular weight is 415 g/mol. The van der Waals surface area contributed by atoms with Crippen molar-refractivity contribution in [1.29, 1.82) is 0 Å². The summed E-state index contributed by atoms with van der Waals surface area (Å²) in [4.78, 5) is 27.6. The molecule has 7 nitrogen and oxygen atoms in total. The van der Waals surface area contributed by atoms with Gasteiger partial charge in [0.05, 0.1) is 6.42 Å². The Morgan fingerprint density at radius 3 is 2.28 bits per heavy atom. The Morgan fingerprint density at radius 2 is 1.76 bits per heavy atom. The van der Waals surface area contributed by atoms with Crippen LogP contribution in [0.4, 0.5) is 19.0 Å². The maximum absolute atomic E-state index is 12.5. The molecule has 1 saturated heterocycles. The molecule has 1 aromatic rings. The second kappa shape index (κ2) is 9.89. The fourth-order valence-corrected chi connectivity index (χ4v) is 3.08. The second-order valence-corrected chi connectivity index (χ2v) is 7.75. The van der Waals surface area contributed by atoms with Crippen LogP contribution in [-0.2, 0) is 4.79 Å². The van der Waals surface area contributed by atoms with Crippen LogP contribution < -0.4 is 10.2 Å². The molecule has 29 heavy (non-hydrogen) atoms. The lowest BCUT2D eigenvalue weighted by Gasteiger charge is -2.36. The van der Waals surface area contributed by atoms with Gasteiger partial charge in [-0.05, 0) is 24.5 Å². The molecule has 1 aliphatic rings. The molecule has 2 heterocycles. The highest BCUT2D eigenvalue weighted by atomic mass is 19.4. The number of hydrogen-bond acceptors (Lipinski definition) is 5. The molecule has 1 N–H and O–H groups in total. The first-order valence-corrected chi connectivity index (χ1v) is 9.79. The Kier molecular flexibility index (Phi) is 7.80. The predicted octanol–water partition coefficient (Wildman–Crippen LogP) is 2.49. The molecule has 10 heteroatoms. The zero-order valence-corrected chi connectivity index (χ0v) is 17.0. The third kappa shape index (κ3) is 7.17. The first kappa shape index (κ1) is 22.9. The lowest BCUT2D eigenvalue weighted by atomic mass is 10.1. The van der Waals surface area contributed by atoms with E-state index in [1.807, 2.05) is 4.90 Å². The van der Waals surface area contributed by atoms with Gasteiger partial charge in [0.1, 0.15) is 0 Å². The minimum atomic E-state index is -4.35. The molecule has 0 bridgehead atoms. The van der Waals surface area contributed by atoms with Crippen LogP contribution in [0.5, 0.6) is 0 Å². The van der Waals surface area contributed by atoms with E-state index < -0.39 is 24.4 Å². The predicted molar refractivity (Wildman–Crippen MR) is 102 cm³/mol. The van der Waals surface area contributed by atoms with Crippen molar-refractivity contribution in [3.63, 3.8) is 0 Å². The number of piperazine rings is 1. The van der Waals surface area contributed by atoms with E-state index in [9.17, 15) is 22.8 Å². The average Bonchev–Trinajstić information content (AvgIpc) is 2.66. The van der Waals surface area contributed by atoms with Crippen molar-refractivity contribution in [2.75, 3.05) is 37.6 Å². The number of amides is 2. The van der Waals surface area contributed by atoms with E-state index in [0.29, 0.717) is 44.5 Å². The summed E-state index contributed by atoms with van der Waals surface area (Å²) in [5, 5.41) is 10.8. The van der Waals surface area contributed by atoms with Crippen LogP contribution in [0.15, 0.2) is 12.1 Å². The van der Waals surface area contributed by atoms with E-state index in [2.05, 4.69) is 29.4 Å². The summed E-state index contributed by atoms with van der Waals surface area (Å²) in [6.07, 6.45) is -4.59. The molecular formula is C19H28F3N5O2. The Bertz CT molecular complexity index is 686. The van der Waals surface area contributed by atoms with E-state index in [1.54, 1.807) is 12.1 Å². The summed E-state index contributed by atoms with van der Waals surface area (Å²) in [6.45, 7) is 7.55. The lowest BCUT2D eigenvalue weighted by Crippen LogP contribution is -2.50. The highest BCUT2D eigenvalue weighted by Crippen LogP contribution is 2.26. The van der Waals surface area contributed by atoms with Gasteiger partial charge in [-0.25, -0.2) is 0 Å². The molecule has 1 aromatic heterocycles. The van der Waals surface area contributed by atoms with Crippen molar-refractivity contribution in [2.24, 2.45) is 11.8 Å². The maximum atomic E-state index is 12.5. The maximum Gasteiger partial charge on any atom is 0.389 e. The van der Waals surface area contributed by atoms with Crippen molar-refractivity contribution < 1.29 is 22.8 Å². The standard InChI is InChI=1S/C19H28F3N5O2/c1-13(2)6-7-23-17(28)15-4-5-16(25-24-15)26-8-10-27(11-9-26)18(29)14(3)12-19(20,21)22/h4-5,13-14H,6-12H2,1-3H3,(H,23,28). The van der Waals surface area contributed by atoms with Gasteiger partial charge >= 0.3 is 6.18 Å². The summed E-state index contributed by atoms with van der Waals surface area (Å²) in [5.41, 5.74) is 0.229. The highest BCUT2D eigenvalue weighted by Gasteiger charge is 2.35. The lowest BCUT2D eigenvalue weighted by molar-refractivity contribution is -0.158. The smallest absolute Gasteiger partial charge is 0.352 e. The molecule has 1 unspecified atom stereocenters. The van der Waals surface area contributed by atoms with Crippen molar-refractivity contribution in [1.82, 2.24) is 20.4 Å². The fraction of sp³-hybridized carbons (Fsp3) is 0.684. The van der Waals surface area contributed by atoms with Crippen LogP contribution in [0.2, 0.25) is 0 Å². The molecular weight excluding hydrogens is 387 g/mol. The summed E-state index contributed by atoms with van der Waals surface area (Å²) in [7, 11) is 0. The van der Waals surface area contributed by atoms with E-state index in [1.165, 1.54) is 11.8 Å². The monoisotopic (exact) mass is 415 g/mol. The largest absolute Gasteiger partial charge is 0.389 e. The second-order valence-electron chi connectivity index (χ2n) is 7.75. The summed E-state index contributed by atoms with van der Waals surface area (Å²) >= 11 is 0. The topological polar surface area (TPSA) is 78.4 Å². The Morgan fingerprint density at radius 1 is 1.10 bits per heavy atom. The summed E-state index contributed by atoms with van der Waals surface area (Å²) < 4.78 is 37.5. The first-order chi connectivity index (χ1) is 13.6. The van der Waals surface area contributed by atoms with Crippen LogP contribution in [0.1, 0.15) is 44.1 Å². The van der Waals surface area contributed by atoms with Gasteiger partial charge in [-0.1, -0.05) is 20.8 Å². The zero-order chi connectivity index (χ0) is 21.6. The SMILES string of the molecule is CC(C)CCNC(=O)c1ccc(N2CCN(C(=O)C(C)CC(F)(F)F)CC2)nn1. The highest BCUT2D eigenvalue weighted by molar-refractivity contribution is 5.92. The number of carbonyl (C=O) groups excluding carboxylic acids is 2. The van der Waals surface area contributed by atoms with Crippen LogP contribution in [-0.4, -0.2) is 65.8 Å². The number of nitrogens with zero attached hydrogens (tertiary/aromatic N) is 4. The van der Waals surface area contributed by atoms with Crippen molar-refractivity contribution in [2.45, 2.75) is 39.8 Å². The quantitative estimate of drug-likeness (QED) is 0.740. The number of halogens is 3. The number of anilines is 1. The minimum Gasteiger partial charge on any atom is -0.352 e.